The summed E-state index contributed by atoms with van der Waals surface area (Å²) >= 11 is 0. The second kappa shape index (κ2) is 36.9. The number of nitrogens with one attached hydrogen (secondary N) is 6. The molecule has 4 aromatic carbocycles. The normalized spacial score (nSPS) is 22.4. The maximum atomic E-state index is 14.3. The Morgan fingerprint density at radius 1 is 0.839 bits per heavy atom. The van der Waals surface area contributed by atoms with Gasteiger partial charge < -0.3 is 116 Å². The molecule has 40 heteroatoms. The number of ketones is 4. The average Bonchev–Trinajstić information content (AvgIpc) is 0.728. The number of carboxylic acids is 1. The summed E-state index contributed by atoms with van der Waals surface area (Å²) in [5.74, 6) is -7.58. The molecule has 112 heavy (non-hydrogen) atoms. The maximum absolute atomic E-state index is 14.3. The van der Waals surface area contributed by atoms with Crippen molar-refractivity contribution in [1.29, 1.82) is 0 Å². The molecule has 2 aliphatic carbocycles. The number of hydrogen-bond donors (Lipinski definition) is 16. The Morgan fingerprint density at radius 3 is 2.29 bits per heavy atom. The van der Waals surface area contributed by atoms with Crippen molar-refractivity contribution in [3.63, 3.8) is 0 Å². The smallest absolute Gasteiger partial charge is 0.408 e. The third-order valence-corrected chi connectivity index (χ3v) is 19.3. The van der Waals surface area contributed by atoms with E-state index in [1.165, 1.54) is 56.6 Å². The van der Waals surface area contributed by atoms with E-state index in [1.54, 1.807) is 23.3 Å². The number of nitrogens with zero attached hydrogens (tertiary/aromatic N) is 5. The van der Waals surface area contributed by atoms with E-state index in [0.29, 0.717) is 17.1 Å². The molecule has 11 rings (SSSR count). The zero-order valence-electron chi connectivity index (χ0n) is 60.3. The summed E-state index contributed by atoms with van der Waals surface area (Å²) in [6, 6.07) is 11.6. The van der Waals surface area contributed by atoms with Gasteiger partial charge in [-0.05, 0) is 74.6 Å². The van der Waals surface area contributed by atoms with Crippen molar-refractivity contribution in [1.82, 2.24) is 46.5 Å². The van der Waals surface area contributed by atoms with E-state index in [9.17, 15) is 94.4 Å². The van der Waals surface area contributed by atoms with Crippen molar-refractivity contribution in [2.24, 2.45) is 5.92 Å². The molecule has 13 atom stereocenters. The minimum Gasteiger partial charge on any atom is -0.507 e. The van der Waals surface area contributed by atoms with E-state index in [2.05, 4.69) is 46.8 Å². The highest BCUT2D eigenvalue weighted by atomic mass is 16.7. The first kappa shape index (κ1) is 82.0. The number of phenols is 2. The van der Waals surface area contributed by atoms with Crippen LogP contribution in [0.15, 0.2) is 83.6 Å². The lowest BCUT2D eigenvalue weighted by molar-refractivity contribution is -0.387. The molecule has 17 N–H and O–H groups in total. The van der Waals surface area contributed by atoms with Crippen molar-refractivity contribution >= 4 is 69.6 Å². The monoisotopic (exact) mass is 1560 g/mol. The number of amides is 2. The van der Waals surface area contributed by atoms with Crippen molar-refractivity contribution in [3.05, 3.63) is 149 Å². The fourth-order valence-electron chi connectivity index (χ4n) is 13.5. The van der Waals surface area contributed by atoms with E-state index in [4.69, 9.17) is 48.4 Å². The molecule has 2 saturated heterocycles. The number of phenolic OH excluding ortho intramolecular Hbond substituents is 2. The van der Waals surface area contributed by atoms with Gasteiger partial charge in [0, 0.05) is 84.1 Å². The van der Waals surface area contributed by atoms with Crippen LogP contribution in [0.3, 0.4) is 0 Å². The van der Waals surface area contributed by atoms with E-state index in [1.807, 2.05) is 0 Å². The van der Waals surface area contributed by atoms with Crippen LogP contribution in [0.5, 0.6) is 23.0 Å². The number of anilines is 2. The highest BCUT2D eigenvalue weighted by Gasteiger charge is 2.48. The number of nitro groups is 1. The number of fused-ring (bicyclic) bond motifs is 4. The number of rotatable bonds is 36. The van der Waals surface area contributed by atoms with Crippen LogP contribution in [0.25, 0.3) is 11.2 Å². The van der Waals surface area contributed by atoms with Crippen LogP contribution in [0, 0.1) is 16.0 Å². The lowest BCUT2D eigenvalue weighted by Crippen LogP contribution is -2.60. The number of nitrogens with two attached hydrogens (primary N) is 1. The summed E-state index contributed by atoms with van der Waals surface area (Å²) in [6.45, 7) is 1.01. The third kappa shape index (κ3) is 19.1. The Bertz CT molecular complexity index is 4590. The summed E-state index contributed by atoms with van der Waals surface area (Å²) in [4.78, 5) is 133. The van der Waals surface area contributed by atoms with Crippen molar-refractivity contribution in [2.75, 3.05) is 77.6 Å². The zero-order valence-corrected chi connectivity index (χ0v) is 60.3. The summed E-state index contributed by atoms with van der Waals surface area (Å²) in [6.07, 6.45) is -15.3. The minimum absolute atomic E-state index is 0.0125. The van der Waals surface area contributed by atoms with Gasteiger partial charge in [0.15, 0.2) is 40.6 Å². The maximum Gasteiger partial charge on any atom is 0.408 e. The number of hydrogen-bond acceptors (Lipinski definition) is 35. The van der Waals surface area contributed by atoms with Crippen molar-refractivity contribution in [3.8, 4) is 23.0 Å². The first-order valence-electron chi connectivity index (χ1n) is 35.6. The van der Waals surface area contributed by atoms with Crippen LogP contribution in [0.1, 0.15) is 129 Å². The summed E-state index contributed by atoms with van der Waals surface area (Å²) in [5, 5.41) is 119. The number of alkyl carbamates (subject to hydrolysis) is 1. The second-order valence-electron chi connectivity index (χ2n) is 26.8. The Hall–Kier alpha value is -11.0. The Kier molecular flexibility index (Phi) is 27.0. The first-order chi connectivity index (χ1) is 53.7. The van der Waals surface area contributed by atoms with Crippen LogP contribution in [0.2, 0.25) is 0 Å². The van der Waals surface area contributed by atoms with E-state index in [-0.39, 0.29) is 166 Å². The largest absolute Gasteiger partial charge is 0.507 e. The molecule has 0 spiro atoms. The van der Waals surface area contributed by atoms with E-state index < -0.39 is 172 Å². The quantitative estimate of drug-likeness (QED) is 0.0109. The molecule has 0 saturated carbocycles. The number of aromatic hydroxyl groups is 2. The number of aromatic nitrogens is 4. The summed E-state index contributed by atoms with van der Waals surface area (Å²) in [5.41, 5.74) is 10.2. The Labute approximate surface area is 635 Å². The van der Waals surface area contributed by atoms with Gasteiger partial charge in [-0.3, -0.25) is 53.7 Å². The molecule has 5 aliphatic rings. The number of carbonyl (C=O) groups is 7. The number of aliphatic hydroxyl groups is 6. The second-order valence-corrected chi connectivity index (χ2v) is 26.8. The lowest BCUT2D eigenvalue weighted by atomic mass is 9.73. The molecule has 7 unspecified atom stereocenters. The summed E-state index contributed by atoms with van der Waals surface area (Å²) < 4.78 is 52.1. The fourth-order valence-corrected chi connectivity index (χ4v) is 13.5. The van der Waals surface area contributed by atoms with Gasteiger partial charge in [0.25, 0.3) is 11.5 Å². The number of aliphatic hydroxyl groups excluding tert-OH is 6. The SMILES string of the molecule is COc1cccc2c1C(=O)c1c(O)c3c(c(O)c1C2=O)CC(C(=O)CO)C[C@@H]3OC1CC(NC(=O)O[C@@H](CC2=CN(CCOCCOCCOCCCC(=O)[C@H](CCC(=O)O)NC(=O)c3ccc(NCc4cnc5nc(N)[nH]c(=O)c5n4)cc3)NN2)c2ccc(O[C@@H]3OC(CO)[C@H](O)[C@H](O)C3O)c([N+](=O)[O-])c2)C(O)C(C)O1. The van der Waals surface area contributed by atoms with Crippen LogP contribution >= 0.6 is 0 Å². The molecule has 2 amide bonds. The molecule has 3 aliphatic heterocycles. The number of aliphatic carboxylic acids is 1. The number of hydrazine groups is 2. The van der Waals surface area contributed by atoms with Gasteiger partial charge in [0.2, 0.25) is 18.0 Å². The van der Waals surface area contributed by atoms with Gasteiger partial charge >= 0.3 is 17.7 Å². The number of Topliss-reactive ketones (excluding diaryl/α,β-unsaturated/α-hetero) is 2. The topological polar surface area (TPSA) is 589 Å². The van der Waals surface area contributed by atoms with E-state index in [0.717, 1.165) is 12.1 Å². The van der Waals surface area contributed by atoms with Gasteiger partial charge in [-0.25, -0.2) is 14.8 Å². The molecule has 0 bridgehead atoms. The van der Waals surface area contributed by atoms with Gasteiger partial charge in [-0.2, -0.15) is 4.98 Å². The summed E-state index contributed by atoms with van der Waals surface area (Å²) in [7, 11) is 1.28. The zero-order chi connectivity index (χ0) is 80.2. The number of ether oxygens (including phenoxy) is 9. The molecule has 600 valence electrons. The highest BCUT2D eigenvalue weighted by molar-refractivity contribution is 6.31. The predicted molar refractivity (Wildman–Crippen MR) is 383 cm³/mol. The van der Waals surface area contributed by atoms with Gasteiger partial charge in [-0.15, -0.1) is 5.53 Å². The van der Waals surface area contributed by atoms with Gasteiger partial charge in [-0.1, -0.05) is 18.2 Å². The first-order valence-corrected chi connectivity index (χ1v) is 35.6. The molecule has 2 fully saturated rings. The standard InChI is InChI=1S/C72H84N12O28/c1-33-59(91)43(27-53(108-33)109-50-25-36(46(88)31-85)23-41-55(50)64(96)57-56(61(41)93)60(92)40-5-3-7-48(104-2)54(40)63(57)95)78-72(101)112-49(35-10-14-47(44(24-35)84(102)103)110-70-66(98)65(97)62(94)51(32-86)111-70)26-38-30-83(82-81-38)16-18-106-20-22-107-21-19-105-17-4-6-45(87)42(13-15-52(89)90)77-68(99)34-8-11-37(12-9-34)74-28-39-29-75-67-58(76-39)69(100)80-71(73)79-67/h3,5,7-12,14,24,29-30,33,36,42-43,49-51,53,59,62,65-66,70,74,81-82,85-86,91,93-94,96-98H,4,6,13,15-23,25-28,31-32H2,1-2H3,(H,77,99)(H,78,101)(H,89,90)(H3,73,75,79,80,100)/t33?,36?,42-,43?,49-,50-,51?,53?,59?,62-,65-,66?,70+/m0/s1. The number of aromatic amines is 1. The van der Waals surface area contributed by atoms with Crippen LogP contribution in [-0.4, -0.2) is 245 Å². The minimum atomic E-state index is -1.95. The van der Waals surface area contributed by atoms with Crippen molar-refractivity contribution in [2.45, 2.75) is 138 Å². The number of carbonyl (C=O) groups excluding carboxylic acids is 6. The number of benzene rings is 4. The van der Waals surface area contributed by atoms with Gasteiger partial charge in [0.1, 0.15) is 60.5 Å². The molecule has 2 aromatic heterocycles. The van der Waals surface area contributed by atoms with Gasteiger partial charge in [0.05, 0.1) is 118 Å². The molecular formula is C72H84N12O28. The third-order valence-electron chi connectivity index (χ3n) is 19.3. The van der Waals surface area contributed by atoms with E-state index >= 15 is 0 Å². The number of H-pyrrole nitrogens is 1. The molecular weight excluding hydrogens is 1480 g/mol. The predicted octanol–water partition coefficient (Wildman–Crippen LogP) is 0.322. The number of methoxy groups -OCH3 is 1. The number of carboxylic acid groups (broad SMARTS) is 1. The van der Waals surface area contributed by atoms with Crippen molar-refractivity contribution < 1.29 is 127 Å². The lowest BCUT2D eigenvalue weighted by Gasteiger charge is -2.41. The molecule has 5 heterocycles. The van der Waals surface area contributed by atoms with Crippen LogP contribution < -0.4 is 47.7 Å². The fraction of sp³-hybridized carbons (Fsp3) is 0.458. The number of nitro benzene ring substituents is 1. The van der Waals surface area contributed by atoms with Crippen LogP contribution in [0.4, 0.5) is 22.1 Å². The molecule has 40 nitrogen and oxygen atoms in total. The van der Waals surface area contributed by atoms with Crippen LogP contribution in [-0.2, 0) is 60.5 Å². The molecule has 0 radical (unpaired) electrons. The number of nitrogen functional groups attached to an aromatic ring is 1. The Balaban J connectivity index is 0.671. The Morgan fingerprint density at radius 2 is 1.57 bits per heavy atom. The average molecular weight is 1570 g/mol. The molecule has 6 aromatic rings. The highest BCUT2D eigenvalue weighted by Crippen LogP contribution is 2.52.